The summed E-state index contributed by atoms with van der Waals surface area (Å²) in [5, 5.41) is 9.22. The normalized spacial score (nSPS) is 10.5. The molecular weight excluding hydrogens is 271 g/mol. The highest BCUT2D eigenvalue weighted by molar-refractivity contribution is 6.33. The summed E-state index contributed by atoms with van der Waals surface area (Å²) in [7, 11) is 0. The van der Waals surface area contributed by atoms with Crippen LogP contribution < -0.4 is 11.1 Å². The molecule has 2 rings (SSSR count). The molecule has 4 N–H and O–H groups in total. The van der Waals surface area contributed by atoms with Gasteiger partial charge in [0, 0.05) is 0 Å². The quantitative estimate of drug-likeness (QED) is 0.809. The number of H-pyrrole nitrogens is 1. The number of hydrogen-bond donors (Lipinski definition) is 3. The Hall–Kier alpha value is -2.08. The Bertz CT molecular complexity index is 626. The van der Waals surface area contributed by atoms with Gasteiger partial charge in [-0.1, -0.05) is 18.5 Å². The Morgan fingerprint density at radius 1 is 1.58 bits per heavy atom. The zero-order valence-electron chi connectivity index (χ0n) is 10.1. The number of nitrogen functional groups attached to an aromatic ring is 1. The van der Waals surface area contributed by atoms with E-state index in [0.29, 0.717) is 12.1 Å². The second kappa shape index (κ2) is 5.27. The van der Waals surface area contributed by atoms with Crippen molar-refractivity contribution in [2.75, 3.05) is 11.1 Å². The van der Waals surface area contributed by atoms with E-state index in [2.05, 4.69) is 15.5 Å². The molecule has 5 nitrogen and oxygen atoms in total. The number of nitrogens with zero attached hydrogens (tertiary/aromatic N) is 1. The van der Waals surface area contributed by atoms with Gasteiger partial charge in [-0.15, -0.1) is 0 Å². The maximum atomic E-state index is 13.1. The molecule has 0 atom stereocenters. The first-order valence-corrected chi connectivity index (χ1v) is 5.99. The van der Waals surface area contributed by atoms with Gasteiger partial charge in [-0.05, 0) is 24.6 Å². The van der Waals surface area contributed by atoms with Gasteiger partial charge in [-0.2, -0.15) is 5.10 Å². The number of hydrogen-bond acceptors (Lipinski definition) is 3. The van der Waals surface area contributed by atoms with Crippen molar-refractivity contribution < 1.29 is 9.18 Å². The predicted octanol–water partition coefficient (Wildman–Crippen LogP) is 2.60. The second-order valence-corrected chi connectivity index (χ2v) is 4.30. The molecule has 1 heterocycles. The first kappa shape index (κ1) is 13.4. The number of rotatable bonds is 3. The summed E-state index contributed by atoms with van der Waals surface area (Å²) in [4.78, 5) is 12.0. The van der Waals surface area contributed by atoms with Gasteiger partial charge in [0.05, 0.1) is 22.1 Å². The summed E-state index contributed by atoms with van der Waals surface area (Å²) >= 11 is 5.86. The Morgan fingerprint density at radius 2 is 2.32 bits per heavy atom. The fourth-order valence-corrected chi connectivity index (χ4v) is 1.77. The summed E-state index contributed by atoms with van der Waals surface area (Å²) in [6.07, 6.45) is 0.632. The predicted molar refractivity (Wildman–Crippen MR) is 71.7 cm³/mol. The standard InChI is InChI=1S/C12H12ClFN4O/c1-2-8-10(15)11(18-17-8)12(19)16-9-5-6(14)3-4-7(9)13/h3-5H,2,15H2,1H3,(H,16,19)(H,17,18). The second-order valence-electron chi connectivity index (χ2n) is 3.90. The summed E-state index contributed by atoms with van der Waals surface area (Å²) in [6.45, 7) is 1.88. The lowest BCUT2D eigenvalue weighted by atomic mass is 10.2. The third-order valence-corrected chi connectivity index (χ3v) is 2.96. The molecule has 0 radical (unpaired) electrons. The van der Waals surface area contributed by atoms with E-state index in [1.807, 2.05) is 6.92 Å². The van der Waals surface area contributed by atoms with Gasteiger partial charge in [0.15, 0.2) is 5.69 Å². The largest absolute Gasteiger partial charge is 0.395 e. The molecule has 0 unspecified atom stereocenters. The maximum absolute atomic E-state index is 13.1. The molecule has 0 aliphatic carbocycles. The van der Waals surface area contributed by atoms with Crippen molar-refractivity contribution in [3.05, 3.63) is 40.4 Å². The highest BCUT2D eigenvalue weighted by atomic mass is 35.5. The number of aromatic amines is 1. The Labute approximate surface area is 114 Å². The van der Waals surface area contributed by atoms with E-state index in [1.54, 1.807) is 0 Å². The lowest BCUT2D eigenvalue weighted by Gasteiger charge is -2.06. The van der Waals surface area contributed by atoms with Gasteiger partial charge in [0.2, 0.25) is 0 Å². The number of carbonyl (C=O) groups is 1. The lowest BCUT2D eigenvalue weighted by molar-refractivity contribution is 0.102. The highest BCUT2D eigenvalue weighted by Crippen LogP contribution is 2.24. The maximum Gasteiger partial charge on any atom is 0.278 e. The van der Waals surface area contributed by atoms with Crippen LogP contribution in [0.4, 0.5) is 15.8 Å². The number of amides is 1. The Balaban J connectivity index is 2.25. The van der Waals surface area contributed by atoms with Crippen molar-refractivity contribution in [3.8, 4) is 0 Å². The Morgan fingerprint density at radius 3 is 2.95 bits per heavy atom. The number of aryl methyl sites for hydroxylation is 1. The molecule has 19 heavy (non-hydrogen) atoms. The molecule has 0 bridgehead atoms. The van der Waals surface area contributed by atoms with Gasteiger partial charge >= 0.3 is 0 Å². The number of carbonyl (C=O) groups excluding carboxylic acids is 1. The average molecular weight is 283 g/mol. The minimum Gasteiger partial charge on any atom is -0.395 e. The van der Waals surface area contributed by atoms with Crippen molar-refractivity contribution >= 4 is 28.9 Å². The average Bonchev–Trinajstić information content (AvgIpc) is 2.75. The smallest absolute Gasteiger partial charge is 0.278 e. The minimum absolute atomic E-state index is 0.0668. The van der Waals surface area contributed by atoms with E-state index in [0.717, 1.165) is 6.07 Å². The molecule has 1 amide bonds. The lowest BCUT2D eigenvalue weighted by Crippen LogP contribution is -2.14. The van der Waals surface area contributed by atoms with Crippen LogP contribution in [0.2, 0.25) is 5.02 Å². The number of aromatic nitrogens is 2. The number of nitrogens with one attached hydrogen (secondary N) is 2. The number of anilines is 2. The molecule has 0 aliphatic rings. The van der Waals surface area contributed by atoms with E-state index < -0.39 is 11.7 Å². The molecule has 2 aromatic rings. The van der Waals surface area contributed by atoms with Crippen molar-refractivity contribution in [2.24, 2.45) is 0 Å². The van der Waals surface area contributed by atoms with Crippen LogP contribution in [0.3, 0.4) is 0 Å². The molecule has 7 heteroatoms. The van der Waals surface area contributed by atoms with E-state index in [4.69, 9.17) is 17.3 Å². The number of benzene rings is 1. The zero-order chi connectivity index (χ0) is 14.0. The molecular formula is C12H12ClFN4O. The SMILES string of the molecule is CCc1[nH]nc(C(=O)Nc2cc(F)ccc2Cl)c1N. The summed E-state index contributed by atoms with van der Waals surface area (Å²) in [5.41, 5.74) is 6.98. The summed E-state index contributed by atoms with van der Waals surface area (Å²) in [6, 6.07) is 3.69. The third-order valence-electron chi connectivity index (χ3n) is 2.63. The van der Waals surface area contributed by atoms with Gasteiger partial charge < -0.3 is 11.1 Å². The number of nitrogens with two attached hydrogens (primary N) is 1. The van der Waals surface area contributed by atoms with Crippen LogP contribution in [0.1, 0.15) is 23.1 Å². The molecule has 100 valence electrons. The molecule has 0 spiro atoms. The molecule has 0 saturated heterocycles. The van der Waals surface area contributed by atoms with Crippen molar-refractivity contribution in [2.45, 2.75) is 13.3 Å². The first-order valence-electron chi connectivity index (χ1n) is 5.62. The van der Waals surface area contributed by atoms with E-state index in [9.17, 15) is 9.18 Å². The van der Waals surface area contributed by atoms with Crippen molar-refractivity contribution in [1.82, 2.24) is 10.2 Å². The molecule has 0 saturated carbocycles. The van der Waals surface area contributed by atoms with E-state index >= 15 is 0 Å². The van der Waals surface area contributed by atoms with E-state index in [-0.39, 0.29) is 22.1 Å². The van der Waals surface area contributed by atoms with Gasteiger partial charge in [-0.3, -0.25) is 9.89 Å². The van der Waals surface area contributed by atoms with Gasteiger partial charge in [-0.25, -0.2) is 4.39 Å². The van der Waals surface area contributed by atoms with Crippen LogP contribution in [0.15, 0.2) is 18.2 Å². The fraction of sp³-hybridized carbons (Fsp3) is 0.167. The minimum atomic E-state index is -0.541. The Kier molecular flexibility index (Phi) is 3.71. The van der Waals surface area contributed by atoms with Crippen LogP contribution in [0.5, 0.6) is 0 Å². The van der Waals surface area contributed by atoms with Crippen molar-refractivity contribution in [1.29, 1.82) is 0 Å². The highest BCUT2D eigenvalue weighted by Gasteiger charge is 2.17. The fourth-order valence-electron chi connectivity index (χ4n) is 1.60. The number of halogens is 2. The van der Waals surface area contributed by atoms with Crippen molar-refractivity contribution in [3.63, 3.8) is 0 Å². The van der Waals surface area contributed by atoms with Crippen LogP contribution in [-0.4, -0.2) is 16.1 Å². The van der Waals surface area contributed by atoms with Gasteiger partial charge in [0.1, 0.15) is 5.82 Å². The van der Waals surface area contributed by atoms with Crippen LogP contribution in [0.25, 0.3) is 0 Å². The third kappa shape index (κ3) is 2.68. The van der Waals surface area contributed by atoms with E-state index in [1.165, 1.54) is 12.1 Å². The van der Waals surface area contributed by atoms with Crippen LogP contribution in [0, 0.1) is 5.82 Å². The first-order chi connectivity index (χ1) is 9.02. The molecule has 0 fully saturated rings. The molecule has 1 aromatic carbocycles. The zero-order valence-corrected chi connectivity index (χ0v) is 10.9. The van der Waals surface area contributed by atoms with Crippen LogP contribution >= 0.6 is 11.6 Å². The molecule has 1 aromatic heterocycles. The summed E-state index contributed by atoms with van der Waals surface area (Å²) in [5.74, 6) is -1.04. The monoisotopic (exact) mass is 282 g/mol. The van der Waals surface area contributed by atoms with Crippen LogP contribution in [-0.2, 0) is 6.42 Å². The summed E-state index contributed by atoms with van der Waals surface area (Å²) < 4.78 is 13.1. The van der Waals surface area contributed by atoms with Gasteiger partial charge in [0.25, 0.3) is 5.91 Å². The topological polar surface area (TPSA) is 83.8 Å². The molecule has 0 aliphatic heterocycles.